The normalized spacial score (nSPS) is 13.6. The molecule has 1 rings (SSSR count). The molecule has 112 valence electrons. The van der Waals surface area contributed by atoms with Crippen molar-refractivity contribution in [1.82, 2.24) is 10.3 Å². The van der Waals surface area contributed by atoms with E-state index in [1.54, 1.807) is 13.2 Å². The van der Waals surface area contributed by atoms with E-state index in [2.05, 4.69) is 10.3 Å². The Labute approximate surface area is 124 Å². The van der Waals surface area contributed by atoms with Crippen molar-refractivity contribution in [3.8, 4) is 0 Å². The molecule has 1 amide bonds. The number of ether oxygens (including phenoxy) is 1. The van der Waals surface area contributed by atoms with Gasteiger partial charge in [-0.25, -0.2) is 9.78 Å². The first-order chi connectivity index (χ1) is 9.43. The lowest BCUT2D eigenvalue weighted by Gasteiger charge is -2.11. The summed E-state index contributed by atoms with van der Waals surface area (Å²) in [5, 5.41) is 4.44. The Morgan fingerprint density at radius 2 is 2.25 bits per heavy atom. The minimum Gasteiger partial charge on any atom is -0.461 e. The third kappa shape index (κ3) is 5.38. The van der Waals surface area contributed by atoms with Crippen LogP contribution in [0.1, 0.15) is 40.6 Å². The highest BCUT2D eigenvalue weighted by atomic mass is 32.2. The summed E-state index contributed by atoms with van der Waals surface area (Å²) in [6.07, 6.45) is 2.25. The molecular formula is C12H18N2O4S2. The molecular weight excluding hydrogens is 300 g/mol. The fourth-order valence-electron chi connectivity index (χ4n) is 1.38. The average molecular weight is 318 g/mol. The van der Waals surface area contributed by atoms with Crippen LogP contribution in [0.15, 0.2) is 5.38 Å². The van der Waals surface area contributed by atoms with Gasteiger partial charge in [0.1, 0.15) is 5.69 Å². The van der Waals surface area contributed by atoms with Crippen LogP contribution >= 0.6 is 11.3 Å². The summed E-state index contributed by atoms with van der Waals surface area (Å²) in [5.41, 5.74) is 0.197. The first kappa shape index (κ1) is 16.8. The summed E-state index contributed by atoms with van der Waals surface area (Å²) >= 11 is 1.08. The fourth-order valence-corrected chi connectivity index (χ4v) is 2.75. The average Bonchev–Trinajstić information content (AvgIpc) is 2.86. The van der Waals surface area contributed by atoms with E-state index < -0.39 is 16.8 Å². The molecule has 2 atom stereocenters. The van der Waals surface area contributed by atoms with Gasteiger partial charge in [0.25, 0.3) is 5.91 Å². The third-order valence-electron chi connectivity index (χ3n) is 2.40. The van der Waals surface area contributed by atoms with E-state index in [1.807, 2.05) is 6.92 Å². The van der Waals surface area contributed by atoms with E-state index in [-0.39, 0.29) is 29.3 Å². The lowest BCUT2D eigenvalue weighted by molar-refractivity contribution is 0.0526. The van der Waals surface area contributed by atoms with Gasteiger partial charge in [-0.05, 0) is 20.3 Å². The summed E-state index contributed by atoms with van der Waals surface area (Å²) in [6.45, 7) is 3.81. The maximum atomic E-state index is 11.9. The second kappa shape index (κ2) is 8.11. The van der Waals surface area contributed by atoms with Crippen molar-refractivity contribution in [2.75, 3.05) is 18.6 Å². The molecule has 0 aliphatic heterocycles. The van der Waals surface area contributed by atoms with Crippen LogP contribution in [0.25, 0.3) is 0 Å². The predicted molar refractivity (Wildman–Crippen MR) is 78.5 cm³/mol. The highest BCUT2D eigenvalue weighted by molar-refractivity contribution is 7.84. The molecule has 0 saturated carbocycles. The first-order valence-electron chi connectivity index (χ1n) is 6.17. The Kier molecular flexibility index (Phi) is 6.80. The SMILES string of the molecule is CCOC(=O)c1nc(C(=O)NC(C)CCS(C)=O)cs1. The second-order valence-corrected chi connectivity index (χ2v) is 6.61. The van der Waals surface area contributed by atoms with Gasteiger partial charge in [-0.1, -0.05) is 0 Å². The van der Waals surface area contributed by atoms with Crippen molar-refractivity contribution < 1.29 is 18.5 Å². The van der Waals surface area contributed by atoms with Gasteiger partial charge < -0.3 is 10.1 Å². The number of thiazole rings is 1. The molecule has 1 aromatic heterocycles. The van der Waals surface area contributed by atoms with Gasteiger partial charge in [0.2, 0.25) is 5.01 Å². The van der Waals surface area contributed by atoms with Crippen molar-refractivity contribution in [2.24, 2.45) is 0 Å². The number of amides is 1. The van der Waals surface area contributed by atoms with Gasteiger partial charge in [-0.2, -0.15) is 0 Å². The van der Waals surface area contributed by atoms with E-state index in [9.17, 15) is 13.8 Å². The van der Waals surface area contributed by atoms with Crippen LogP contribution in [0.4, 0.5) is 0 Å². The summed E-state index contributed by atoms with van der Waals surface area (Å²) in [4.78, 5) is 27.3. The van der Waals surface area contributed by atoms with Crippen molar-refractivity contribution in [1.29, 1.82) is 0 Å². The smallest absolute Gasteiger partial charge is 0.367 e. The van der Waals surface area contributed by atoms with Crippen molar-refractivity contribution in [2.45, 2.75) is 26.3 Å². The molecule has 8 heteroatoms. The maximum Gasteiger partial charge on any atom is 0.367 e. The summed E-state index contributed by atoms with van der Waals surface area (Å²) in [6, 6.07) is -0.0980. The van der Waals surface area contributed by atoms with Crippen LogP contribution in [0.2, 0.25) is 0 Å². The number of carbonyl (C=O) groups is 2. The Morgan fingerprint density at radius 3 is 2.85 bits per heavy atom. The number of aromatic nitrogens is 1. The second-order valence-electron chi connectivity index (χ2n) is 4.20. The van der Waals surface area contributed by atoms with Crippen LogP contribution < -0.4 is 5.32 Å². The minimum atomic E-state index is -0.876. The largest absolute Gasteiger partial charge is 0.461 e. The van der Waals surface area contributed by atoms with Crippen LogP contribution in [0.3, 0.4) is 0 Å². The molecule has 0 saturated heterocycles. The van der Waals surface area contributed by atoms with Crippen LogP contribution in [0.5, 0.6) is 0 Å². The molecule has 2 unspecified atom stereocenters. The third-order valence-corrected chi connectivity index (χ3v) is 4.04. The fraction of sp³-hybridized carbons (Fsp3) is 0.583. The zero-order valence-electron chi connectivity index (χ0n) is 11.7. The van der Waals surface area contributed by atoms with Gasteiger partial charge in [0.05, 0.1) is 6.61 Å². The molecule has 0 fully saturated rings. The lowest BCUT2D eigenvalue weighted by Crippen LogP contribution is -2.33. The highest BCUT2D eigenvalue weighted by Gasteiger charge is 2.17. The number of carbonyl (C=O) groups excluding carboxylic acids is 2. The standard InChI is InChI=1S/C12H18N2O4S2/c1-4-18-12(16)11-14-9(7-19-11)10(15)13-8(2)5-6-20(3)17/h7-8H,4-6H2,1-3H3,(H,13,15). The van der Waals surface area contributed by atoms with Gasteiger partial charge >= 0.3 is 5.97 Å². The molecule has 0 aliphatic carbocycles. The monoisotopic (exact) mass is 318 g/mol. The maximum absolute atomic E-state index is 11.9. The number of nitrogens with one attached hydrogen (secondary N) is 1. The summed E-state index contributed by atoms with van der Waals surface area (Å²) < 4.78 is 15.8. The van der Waals surface area contributed by atoms with Gasteiger partial charge in [-0.3, -0.25) is 9.00 Å². The number of esters is 1. The topological polar surface area (TPSA) is 85.4 Å². The lowest BCUT2D eigenvalue weighted by atomic mass is 10.2. The molecule has 0 aromatic carbocycles. The van der Waals surface area contributed by atoms with Crippen molar-refractivity contribution >= 4 is 34.0 Å². The molecule has 1 N–H and O–H groups in total. The predicted octanol–water partition coefficient (Wildman–Crippen LogP) is 1.21. The van der Waals surface area contributed by atoms with Crippen LogP contribution in [-0.2, 0) is 15.5 Å². The number of nitrogens with zero attached hydrogens (tertiary/aromatic N) is 1. The van der Waals surface area contributed by atoms with Gasteiger partial charge in [-0.15, -0.1) is 11.3 Å². The van der Waals surface area contributed by atoms with E-state index in [1.165, 1.54) is 5.38 Å². The molecule has 0 aliphatic rings. The Hall–Kier alpha value is -1.28. The van der Waals surface area contributed by atoms with Crippen LogP contribution in [-0.4, -0.2) is 45.7 Å². The zero-order chi connectivity index (χ0) is 15.1. The Bertz CT molecular complexity index is 501. The quantitative estimate of drug-likeness (QED) is 0.764. The molecule has 1 aromatic rings. The van der Waals surface area contributed by atoms with Crippen molar-refractivity contribution in [3.05, 3.63) is 16.1 Å². The van der Waals surface area contributed by atoms with Gasteiger partial charge in [0.15, 0.2) is 0 Å². The number of rotatable bonds is 7. The summed E-state index contributed by atoms with van der Waals surface area (Å²) in [7, 11) is -0.876. The zero-order valence-corrected chi connectivity index (χ0v) is 13.3. The molecule has 0 bridgehead atoms. The molecule has 20 heavy (non-hydrogen) atoms. The first-order valence-corrected chi connectivity index (χ1v) is 8.78. The van der Waals surface area contributed by atoms with E-state index in [4.69, 9.17) is 4.74 Å². The van der Waals surface area contributed by atoms with E-state index in [0.717, 1.165) is 11.3 Å². The molecule has 0 spiro atoms. The van der Waals surface area contributed by atoms with Gasteiger partial charge in [0, 0.05) is 34.2 Å². The highest BCUT2D eigenvalue weighted by Crippen LogP contribution is 2.11. The Morgan fingerprint density at radius 1 is 1.55 bits per heavy atom. The molecule has 6 nitrogen and oxygen atoms in total. The minimum absolute atomic E-state index is 0.0980. The Balaban J connectivity index is 2.55. The van der Waals surface area contributed by atoms with Crippen molar-refractivity contribution in [3.63, 3.8) is 0 Å². The number of hydrogen-bond donors (Lipinski definition) is 1. The van der Waals surface area contributed by atoms with E-state index in [0.29, 0.717) is 12.2 Å². The molecule has 0 radical (unpaired) electrons. The molecule has 1 heterocycles. The van der Waals surface area contributed by atoms with E-state index >= 15 is 0 Å². The summed E-state index contributed by atoms with van der Waals surface area (Å²) in [5.74, 6) is -0.329. The number of hydrogen-bond acceptors (Lipinski definition) is 6. The van der Waals surface area contributed by atoms with Crippen LogP contribution in [0, 0.1) is 0 Å².